The topological polar surface area (TPSA) is 12.0 Å². The molecule has 1 atom stereocenters. The molecule has 1 aliphatic rings. The van der Waals surface area contributed by atoms with Gasteiger partial charge in [0.15, 0.2) is 0 Å². The maximum absolute atomic E-state index is 13.2. The van der Waals surface area contributed by atoms with Crippen LogP contribution in [0, 0.1) is 17.7 Å². The Morgan fingerprint density at radius 2 is 1.95 bits per heavy atom. The summed E-state index contributed by atoms with van der Waals surface area (Å²) in [7, 11) is 0. The Labute approximate surface area is 133 Å². The third-order valence-electron chi connectivity index (χ3n) is 4.46. The van der Waals surface area contributed by atoms with Crippen LogP contribution in [0.15, 0.2) is 18.2 Å². The fourth-order valence-corrected chi connectivity index (χ4v) is 3.49. The van der Waals surface area contributed by atoms with E-state index in [2.05, 4.69) is 26.1 Å². The molecule has 1 aromatic rings. The van der Waals surface area contributed by atoms with Crippen LogP contribution in [-0.4, -0.2) is 12.1 Å². The number of benzene rings is 1. The highest BCUT2D eigenvalue weighted by Gasteiger charge is 2.26. The summed E-state index contributed by atoms with van der Waals surface area (Å²) in [6.07, 6.45) is 6.25. The standard InChI is InChI=1S/C18H27ClFN/c1-18(2,3)21-12-15(13-6-4-5-7-13)10-14-8-9-16(20)11-17(14)19/h8-9,11,13,15,21H,4-7,10,12H2,1-3H3. The molecule has 1 saturated carbocycles. The number of halogens is 2. The van der Waals surface area contributed by atoms with Crippen LogP contribution in [0.4, 0.5) is 4.39 Å². The van der Waals surface area contributed by atoms with Gasteiger partial charge in [0.05, 0.1) is 0 Å². The maximum atomic E-state index is 13.2. The van der Waals surface area contributed by atoms with Crippen LogP contribution >= 0.6 is 11.6 Å². The lowest BCUT2D eigenvalue weighted by Gasteiger charge is -2.29. The monoisotopic (exact) mass is 311 g/mol. The number of rotatable bonds is 5. The summed E-state index contributed by atoms with van der Waals surface area (Å²) in [5, 5.41) is 4.20. The van der Waals surface area contributed by atoms with E-state index in [0.717, 1.165) is 24.4 Å². The van der Waals surface area contributed by atoms with Gasteiger partial charge in [0, 0.05) is 10.6 Å². The third kappa shape index (κ3) is 5.27. The first-order valence-electron chi connectivity index (χ1n) is 8.04. The molecule has 0 aliphatic heterocycles. The zero-order valence-electron chi connectivity index (χ0n) is 13.4. The Bertz CT molecular complexity index is 461. The summed E-state index contributed by atoms with van der Waals surface area (Å²) >= 11 is 6.21. The SMILES string of the molecule is CC(C)(C)NCC(Cc1ccc(F)cc1Cl)C1CCCC1. The van der Waals surface area contributed by atoms with Crippen molar-refractivity contribution in [2.45, 2.75) is 58.4 Å². The van der Waals surface area contributed by atoms with Crippen molar-refractivity contribution in [2.24, 2.45) is 11.8 Å². The molecule has 0 bridgehead atoms. The van der Waals surface area contributed by atoms with Gasteiger partial charge in [-0.25, -0.2) is 4.39 Å². The van der Waals surface area contributed by atoms with E-state index < -0.39 is 0 Å². The second-order valence-corrected chi connectivity index (χ2v) is 7.78. The molecular formula is C18H27ClFN. The molecule has 1 nitrogen and oxygen atoms in total. The van der Waals surface area contributed by atoms with E-state index in [1.807, 2.05) is 6.07 Å². The molecule has 0 radical (unpaired) electrons. The highest BCUT2D eigenvalue weighted by Crippen LogP contribution is 2.34. The van der Waals surface area contributed by atoms with Crippen molar-refractivity contribution in [2.75, 3.05) is 6.54 Å². The van der Waals surface area contributed by atoms with E-state index in [4.69, 9.17) is 11.6 Å². The molecule has 1 fully saturated rings. The van der Waals surface area contributed by atoms with E-state index in [1.165, 1.54) is 37.8 Å². The van der Waals surface area contributed by atoms with Crippen molar-refractivity contribution >= 4 is 11.6 Å². The maximum Gasteiger partial charge on any atom is 0.124 e. The minimum Gasteiger partial charge on any atom is -0.312 e. The Balaban J connectivity index is 2.07. The van der Waals surface area contributed by atoms with Crippen LogP contribution in [0.1, 0.15) is 52.0 Å². The molecule has 1 unspecified atom stereocenters. The van der Waals surface area contributed by atoms with Crippen molar-refractivity contribution in [1.82, 2.24) is 5.32 Å². The van der Waals surface area contributed by atoms with Crippen molar-refractivity contribution in [3.8, 4) is 0 Å². The van der Waals surface area contributed by atoms with Crippen LogP contribution in [-0.2, 0) is 6.42 Å². The quantitative estimate of drug-likeness (QED) is 0.786. The molecule has 1 N–H and O–H groups in total. The van der Waals surface area contributed by atoms with E-state index >= 15 is 0 Å². The highest BCUT2D eigenvalue weighted by atomic mass is 35.5. The lowest BCUT2D eigenvalue weighted by molar-refractivity contribution is 0.286. The molecule has 118 valence electrons. The molecule has 0 saturated heterocycles. The summed E-state index contributed by atoms with van der Waals surface area (Å²) in [5.74, 6) is 1.09. The minimum absolute atomic E-state index is 0.128. The van der Waals surface area contributed by atoms with Gasteiger partial charge in [0.25, 0.3) is 0 Å². The summed E-state index contributed by atoms with van der Waals surface area (Å²) < 4.78 is 13.2. The summed E-state index contributed by atoms with van der Waals surface area (Å²) in [5.41, 5.74) is 1.20. The van der Waals surface area contributed by atoms with Gasteiger partial charge in [-0.1, -0.05) is 43.4 Å². The van der Waals surface area contributed by atoms with E-state index in [-0.39, 0.29) is 11.4 Å². The van der Waals surface area contributed by atoms with Crippen LogP contribution in [0.5, 0.6) is 0 Å². The van der Waals surface area contributed by atoms with Crippen molar-refractivity contribution in [3.05, 3.63) is 34.6 Å². The van der Waals surface area contributed by atoms with E-state index in [9.17, 15) is 4.39 Å². The lowest BCUT2D eigenvalue weighted by Crippen LogP contribution is -2.41. The molecule has 2 rings (SSSR count). The lowest BCUT2D eigenvalue weighted by atomic mass is 9.85. The molecule has 21 heavy (non-hydrogen) atoms. The normalized spacial score (nSPS) is 18.1. The highest BCUT2D eigenvalue weighted by molar-refractivity contribution is 6.31. The number of hydrogen-bond acceptors (Lipinski definition) is 1. The van der Waals surface area contributed by atoms with Gasteiger partial charge >= 0.3 is 0 Å². The minimum atomic E-state index is -0.256. The molecule has 3 heteroatoms. The number of hydrogen-bond donors (Lipinski definition) is 1. The second kappa shape index (κ2) is 7.11. The fraction of sp³-hybridized carbons (Fsp3) is 0.667. The average molecular weight is 312 g/mol. The summed E-state index contributed by atoms with van der Waals surface area (Å²) in [6.45, 7) is 7.60. The van der Waals surface area contributed by atoms with Crippen molar-refractivity contribution in [1.29, 1.82) is 0 Å². The van der Waals surface area contributed by atoms with Gasteiger partial charge < -0.3 is 5.32 Å². The molecule has 1 aliphatic carbocycles. The predicted octanol–water partition coefficient (Wildman–Crippen LogP) is 5.22. The first kappa shape index (κ1) is 16.8. The van der Waals surface area contributed by atoms with Gasteiger partial charge in [-0.05, 0) is 63.3 Å². The van der Waals surface area contributed by atoms with E-state index in [0.29, 0.717) is 10.9 Å². The Morgan fingerprint density at radius 3 is 2.52 bits per heavy atom. The van der Waals surface area contributed by atoms with Crippen LogP contribution in [0.2, 0.25) is 5.02 Å². The zero-order chi connectivity index (χ0) is 15.5. The number of nitrogens with one attached hydrogen (secondary N) is 1. The van der Waals surface area contributed by atoms with Crippen molar-refractivity contribution in [3.63, 3.8) is 0 Å². The van der Waals surface area contributed by atoms with Crippen LogP contribution in [0.3, 0.4) is 0 Å². The van der Waals surface area contributed by atoms with Gasteiger partial charge in [-0.2, -0.15) is 0 Å². The Morgan fingerprint density at radius 1 is 1.29 bits per heavy atom. The zero-order valence-corrected chi connectivity index (χ0v) is 14.1. The molecule has 0 heterocycles. The molecule has 1 aromatic carbocycles. The summed E-state index contributed by atoms with van der Waals surface area (Å²) in [4.78, 5) is 0. The van der Waals surface area contributed by atoms with Gasteiger partial charge in [0.1, 0.15) is 5.82 Å². The Hall–Kier alpha value is -0.600. The van der Waals surface area contributed by atoms with Crippen molar-refractivity contribution < 1.29 is 4.39 Å². The van der Waals surface area contributed by atoms with Gasteiger partial charge in [-0.15, -0.1) is 0 Å². The molecular weight excluding hydrogens is 285 g/mol. The molecule has 0 spiro atoms. The largest absolute Gasteiger partial charge is 0.312 e. The summed E-state index contributed by atoms with van der Waals surface area (Å²) in [6, 6.07) is 4.79. The third-order valence-corrected chi connectivity index (χ3v) is 4.81. The molecule has 0 amide bonds. The van der Waals surface area contributed by atoms with E-state index in [1.54, 1.807) is 0 Å². The Kier molecular flexibility index (Phi) is 5.67. The van der Waals surface area contributed by atoms with Crippen LogP contribution < -0.4 is 5.32 Å². The predicted molar refractivity (Wildman–Crippen MR) is 88.3 cm³/mol. The fourth-order valence-electron chi connectivity index (χ4n) is 3.24. The van der Waals surface area contributed by atoms with Gasteiger partial charge in [0.2, 0.25) is 0 Å². The second-order valence-electron chi connectivity index (χ2n) is 7.38. The first-order chi connectivity index (χ1) is 9.85. The smallest absolute Gasteiger partial charge is 0.124 e. The average Bonchev–Trinajstić information content (AvgIpc) is 2.89. The first-order valence-corrected chi connectivity index (χ1v) is 8.42. The van der Waals surface area contributed by atoms with Gasteiger partial charge in [-0.3, -0.25) is 0 Å². The molecule has 0 aromatic heterocycles. The van der Waals surface area contributed by atoms with Crippen LogP contribution in [0.25, 0.3) is 0 Å².